The quantitative estimate of drug-likeness (QED) is 0.565. The second-order valence-electron chi connectivity index (χ2n) is 6.32. The van der Waals surface area contributed by atoms with Crippen LogP contribution in [0, 0.1) is 13.8 Å². The zero-order valence-corrected chi connectivity index (χ0v) is 15.1. The summed E-state index contributed by atoms with van der Waals surface area (Å²) in [7, 11) is 0. The van der Waals surface area contributed by atoms with Crippen LogP contribution in [0.5, 0.6) is 0 Å². The predicted molar refractivity (Wildman–Crippen MR) is 94.8 cm³/mol. The lowest BCUT2D eigenvalue weighted by Crippen LogP contribution is -2.57. The van der Waals surface area contributed by atoms with Crippen LogP contribution < -0.4 is 5.32 Å². The van der Waals surface area contributed by atoms with Gasteiger partial charge in [0.2, 0.25) is 0 Å². The predicted octanol–water partition coefficient (Wildman–Crippen LogP) is 5.20. The van der Waals surface area contributed by atoms with Gasteiger partial charge in [0.25, 0.3) is 0 Å². The highest BCUT2D eigenvalue weighted by Gasteiger charge is 2.47. The molecule has 0 spiro atoms. The van der Waals surface area contributed by atoms with Crippen molar-refractivity contribution in [3.8, 4) is 0 Å². The van der Waals surface area contributed by atoms with Gasteiger partial charge < -0.3 is 5.32 Å². The normalized spacial score (nSPS) is 26.8. The lowest BCUT2D eigenvalue weighted by atomic mass is 9.65. The molecule has 0 radical (unpaired) electrons. The molecule has 1 aliphatic heterocycles. The molecular formula is C17H25NS2. The highest BCUT2D eigenvalue weighted by atomic mass is 32.1. The Kier molecular flexibility index (Phi) is 3.89. The average Bonchev–Trinajstić information content (AvgIpc) is 2.70. The SMILES string of the molecule is C=CC1(C)N/C(=C(/S)CC)c2sc(C)c(C)c2C1(C)C. The minimum absolute atomic E-state index is 0.00419. The van der Waals surface area contributed by atoms with E-state index in [1.54, 1.807) is 0 Å². The van der Waals surface area contributed by atoms with E-state index in [1.165, 1.54) is 26.6 Å². The van der Waals surface area contributed by atoms with Crippen molar-refractivity contribution < 1.29 is 0 Å². The molecule has 2 rings (SSSR count). The topological polar surface area (TPSA) is 12.0 Å². The van der Waals surface area contributed by atoms with Gasteiger partial charge in [0.05, 0.1) is 16.1 Å². The molecule has 0 fully saturated rings. The van der Waals surface area contributed by atoms with E-state index in [9.17, 15) is 0 Å². The summed E-state index contributed by atoms with van der Waals surface area (Å²) in [5.74, 6) is 0. The first kappa shape index (κ1) is 15.7. The molecule has 2 heterocycles. The molecule has 1 N–H and O–H groups in total. The molecule has 1 aliphatic rings. The van der Waals surface area contributed by atoms with Crippen LogP contribution in [0.1, 0.15) is 55.0 Å². The van der Waals surface area contributed by atoms with Crippen molar-refractivity contribution in [3.05, 3.63) is 38.4 Å². The van der Waals surface area contributed by atoms with Gasteiger partial charge in [-0.3, -0.25) is 0 Å². The van der Waals surface area contributed by atoms with Crippen LogP contribution in [0.2, 0.25) is 0 Å². The monoisotopic (exact) mass is 307 g/mol. The van der Waals surface area contributed by atoms with Crippen molar-refractivity contribution in [2.75, 3.05) is 0 Å². The van der Waals surface area contributed by atoms with Crippen LogP contribution >= 0.6 is 24.0 Å². The Hall–Kier alpha value is -0.670. The van der Waals surface area contributed by atoms with Crippen LogP contribution in [-0.4, -0.2) is 5.54 Å². The molecule has 0 saturated heterocycles. The fourth-order valence-corrected chi connectivity index (χ4v) is 4.57. The number of allylic oxidation sites excluding steroid dienone is 1. The van der Waals surface area contributed by atoms with E-state index in [0.717, 1.165) is 11.3 Å². The number of nitrogens with one attached hydrogen (secondary N) is 1. The number of hydrogen-bond acceptors (Lipinski definition) is 3. The highest BCUT2D eigenvalue weighted by molar-refractivity contribution is 7.84. The van der Waals surface area contributed by atoms with E-state index in [0.29, 0.717) is 0 Å². The molecule has 20 heavy (non-hydrogen) atoms. The van der Waals surface area contributed by atoms with Crippen molar-refractivity contribution in [3.63, 3.8) is 0 Å². The molecule has 1 atom stereocenters. The molecule has 1 aromatic heterocycles. The lowest BCUT2D eigenvalue weighted by Gasteiger charge is -2.49. The van der Waals surface area contributed by atoms with Crippen LogP contribution in [-0.2, 0) is 5.41 Å². The maximum atomic E-state index is 4.70. The van der Waals surface area contributed by atoms with Crippen molar-refractivity contribution in [1.82, 2.24) is 5.32 Å². The zero-order chi connectivity index (χ0) is 15.3. The summed E-state index contributed by atoms with van der Waals surface area (Å²) in [4.78, 5) is 3.88. The van der Waals surface area contributed by atoms with E-state index in [4.69, 9.17) is 12.6 Å². The number of fused-ring (bicyclic) bond motifs is 1. The van der Waals surface area contributed by atoms with Crippen LogP contribution in [0.15, 0.2) is 17.6 Å². The van der Waals surface area contributed by atoms with Gasteiger partial charge in [0.1, 0.15) is 0 Å². The lowest BCUT2D eigenvalue weighted by molar-refractivity contribution is 0.296. The van der Waals surface area contributed by atoms with Gasteiger partial charge in [-0.25, -0.2) is 0 Å². The second-order valence-corrected chi connectivity index (χ2v) is 8.08. The first-order valence-corrected chi connectivity index (χ1v) is 8.40. The maximum absolute atomic E-state index is 4.70. The molecular weight excluding hydrogens is 282 g/mol. The Bertz CT molecular complexity index is 592. The minimum atomic E-state index is -0.170. The van der Waals surface area contributed by atoms with Gasteiger partial charge in [-0.05, 0) is 38.3 Å². The first-order chi connectivity index (χ1) is 9.19. The molecule has 1 nitrogen and oxygen atoms in total. The third kappa shape index (κ3) is 1.98. The van der Waals surface area contributed by atoms with E-state index in [1.807, 2.05) is 17.4 Å². The summed E-state index contributed by atoms with van der Waals surface area (Å²) in [5, 5.41) is 3.71. The molecule has 0 aliphatic carbocycles. The van der Waals surface area contributed by atoms with Gasteiger partial charge in [-0.2, -0.15) is 0 Å². The van der Waals surface area contributed by atoms with Gasteiger partial charge in [0.15, 0.2) is 0 Å². The van der Waals surface area contributed by atoms with Gasteiger partial charge in [0, 0.05) is 15.2 Å². The smallest absolute Gasteiger partial charge is 0.0619 e. The van der Waals surface area contributed by atoms with E-state index < -0.39 is 0 Å². The first-order valence-electron chi connectivity index (χ1n) is 7.14. The summed E-state index contributed by atoms with van der Waals surface area (Å²) >= 11 is 6.58. The summed E-state index contributed by atoms with van der Waals surface area (Å²) < 4.78 is 0. The van der Waals surface area contributed by atoms with Crippen LogP contribution in [0.25, 0.3) is 5.70 Å². The number of hydrogen-bond donors (Lipinski definition) is 2. The third-order valence-electron chi connectivity index (χ3n) is 4.95. The van der Waals surface area contributed by atoms with Crippen LogP contribution in [0.4, 0.5) is 0 Å². The average molecular weight is 308 g/mol. The minimum Gasteiger partial charge on any atom is -0.374 e. The molecule has 0 aromatic carbocycles. The summed E-state index contributed by atoms with van der Waals surface area (Å²) in [6, 6.07) is 0. The highest BCUT2D eigenvalue weighted by Crippen LogP contribution is 2.50. The van der Waals surface area contributed by atoms with Crippen molar-refractivity contribution in [1.29, 1.82) is 0 Å². The summed E-state index contributed by atoms with van der Waals surface area (Å²) in [6.45, 7) is 17.5. The van der Waals surface area contributed by atoms with Gasteiger partial charge >= 0.3 is 0 Å². The second kappa shape index (κ2) is 4.96. The third-order valence-corrected chi connectivity index (χ3v) is 6.72. The standard InChI is InChI=1S/C17H25NS2/c1-8-12(19)14-15-13(10(3)11(4)20-15)16(5,6)17(7,9-2)18-14/h9,18-19H,2,8H2,1,3-7H3/b14-12+. The number of thiol groups is 1. The van der Waals surface area contributed by atoms with Crippen molar-refractivity contribution >= 4 is 29.7 Å². The number of aryl methyl sites for hydroxylation is 1. The number of rotatable bonds is 2. The molecule has 3 heteroatoms. The molecule has 110 valence electrons. The Morgan fingerprint density at radius 3 is 2.45 bits per heavy atom. The fraction of sp³-hybridized carbons (Fsp3) is 0.529. The Morgan fingerprint density at radius 1 is 1.35 bits per heavy atom. The van der Waals surface area contributed by atoms with E-state index >= 15 is 0 Å². The number of thiophene rings is 1. The molecule has 0 bridgehead atoms. The zero-order valence-electron chi connectivity index (χ0n) is 13.3. The molecule has 1 aromatic rings. The van der Waals surface area contributed by atoms with Crippen LogP contribution in [0.3, 0.4) is 0 Å². The Labute approximate surface area is 132 Å². The van der Waals surface area contributed by atoms with Gasteiger partial charge in [-0.1, -0.05) is 26.8 Å². The largest absolute Gasteiger partial charge is 0.374 e. The molecule has 0 amide bonds. The van der Waals surface area contributed by atoms with E-state index in [2.05, 4.69) is 53.4 Å². The summed E-state index contributed by atoms with van der Waals surface area (Å²) in [6.07, 6.45) is 2.98. The van der Waals surface area contributed by atoms with Gasteiger partial charge in [-0.15, -0.1) is 30.5 Å². The van der Waals surface area contributed by atoms with Crippen molar-refractivity contribution in [2.45, 2.75) is 58.9 Å². The summed E-state index contributed by atoms with van der Waals surface area (Å²) in [5.41, 5.74) is 3.89. The Morgan fingerprint density at radius 2 is 1.95 bits per heavy atom. The Balaban J connectivity index is 2.84. The molecule has 0 saturated carbocycles. The fourth-order valence-electron chi connectivity index (χ4n) is 2.97. The molecule has 1 unspecified atom stereocenters. The van der Waals surface area contributed by atoms with Crippen molar-refractivity contribution in [2.24, 2.45) is 0 Å². The van der Waals surface area contributed by atoms with E-state index in [-0.39, 0.29) is 11.0 Å². The maximum Gasteiger partial charge on any atom is 0.0619 e.